The standard InChI is InChI=1S/C6H10O5.Al.Ca.5H/c1-3(7)5(9)11-6(10)4(2)8;;;;;;;/h3-4,7-8H,1-2H3;;;;;;;. The number of aliphatic hydroxyl groups excluding tert-OH is 2. The second-order valence-electron chi connectivity index (χ2n) is 2.09. The first kappa shape index (κ1) is 19.4. The average Bonchev–Trinajstić information content (AvgIpc) is 1.87. The molecule has 0 aromatic carbocycles. The van der Waals surface area contributed by atoms with Crippen LogP contribution in [0.1, 0.15) is 13.8 Å². The summed E-state index contributed by atoms with van der Waals surface area (Å²) in [7, 11) is 0. The van der Waals surface area contributed by atoms with Crippen LogP contribution in [0.25, 0.3) is 0 Å². The van der Waals surface area contributed by atoms with Gasteiger partial charge in [-0.3, -0.25) is 0 Å². The van der Waals surface area contributed by atoms with Gasteiger partial charge in [0, 0.05) is 0 Å². The number of carbonyl (C=O) groups is 2. The molecule has 0 spiro atoms. The Kier molecular flexibility index (Phi) is 14.1. The summed E-state index contributed by atoms with van der Waals surface area (Å²) in [6.45, 7) is 2.33. The topological polar surface area (TPSA) is 83.8 Å². The van der Waals surface area contributed by atoms with Crippen molar-refractivity contribution in [3.63, 3.8) is 0 Å². The minimum atomic E-state index is -1.35. The van der Waals surface area contributed by atoms with E-state index in [0.717, 1.165) is 13.8 Å². The molecule has 74 valence electrons. The van der Waals surface area contributed by atoms with E-state index in [4.69, 9.17) is 10.2 Å². The van der Waals surface area contributed by atoms with Crippen LogP contribution in [0.4, 0.5) is 0 Å². The second-order valence-corrected chi connectivity index (χ2v) is 2.09. The van der Waals surface area contributed by atoms with Gasteiger partial charge in [0.2, 0.25) is 0 Å². The van der Waals surface area contributed by atoms with Crippen molar-refractivity contribution in [1.29, 1.82) is 0 Å². The van der Waals surface area contributed by atoms with E-state index in [-0.39, 0.29) is 55.1 Å². The molecule has 0 aliphatic carbocycles. The molecule has 0 amide bonds. The SMILES string of the molecule is CC(O)C(=O)OC(=O)C(C)O.[AlH3].[CaH2]. The summed E-state index contributed by atoms with van der Waals surface area (Å²) >= 11 is 0. The van der Waals surface area contributed by atoms with Crippen LogP contribution in [-0.4, -0.2) is 89.5 Å². The third-order valence-electron chi connectivity index (χ3n) is 0.883. The van der Waals surface area contributed by atoms with Gasteiger partial charge in [-0.25, -0.2) is 9.59 Å². The monoisotopic (exact) mass is 234 g/mol. The van der Waals surface area contributed by atoms with E-state index in [1.54, 1.807) is 0 Å². The van der Waals surface area contributed by atoms with Crippen LogP contribution in [0.15, 0.2) is 0 Å². The number of aliphatic hydroxyl groups is 2. The number of hydrogen-bond donors (Lipinski definition) is 2. The zero-order valence-corrected chi connectivity index (χ0v) is 6.27. The summed E-state index contributed by atoms with van der Waals surface area (Å²) in [5, 5.41) is 17.1. The number of esters is 2. The van der Waals surface area contributed by atoms with Gasteiger partial charge in [-0.2, -0.15) is 0 Å². The van der Waals surface area contributed by atoms with Crippen molar-refractivity contribution in [1.82, 2.24) is 0 Å². The summed E-state index contributed by atoms with van der Waals surface area (Å²) in [5.41, 5.74) is 0. The van der Waals surface area contributed by atoms with Crippen LogP contribution in [0.3, 0.4) is 0 Å². The first-order chi connectivity index (χ1) is 4.95. The Morgan fingerprint density at radius 1 is 1.08 bits per heavy atom. The molecular weight excluding hydrogens is 219 g/mol. The van der Waals surface area contributed by atoms with Crippen molar-refractivity contribution in [3.05, 3.63) is 0 Å². The number of rotatable bonds is 2. The summed E-state index contributed by atoms with van der Waals surface area (Å²) in [6.07, 6.45) is -2.70. The molecule has 0 aliphatic rings. The van der Waals surface area contributed by atoms with Gasteiger partial charge in [-0.15, -0.1) is 0 Å². The van der Waals surface area contributed by atoms with E-state index < -0.39 is 24.1 Å². The van der Waals surface area contributed by atoms with Crippen molar-refractivity contribution in [2.75, 3.05) is 0 Å². The molecule has 0 fully saturated rings. The molecule has 7 heteroatoms. The number of carbonyl (C=O) groups excluding carboxylic acids is 2. The zero-order valence-electron chi connectivity index (χ0n) is 6.27. The summed E-state index contributed by atoms with van der Waals surface area (Å²) in [4.78, 5) is 20.9. The van der Waals surface area contributed by atoms with Crippen molar-refractivity contribution in [2.24, 2.45) is 0 Å². The molecule has 2 unspecified atom stereocenters. The summed E-state index contributed by atoms with van der Waals surface area (Å²) in [6, 6.07) is 0. The molecular formula is C6H15AlCaO5. The van der Waals surface area contributed by atoms with Gasteiger partial charge in [-0.1, -0.05) is 0 Å². The van der Waals surface area contributed by atoms with E-state index in [1.165, 1.54) is 0 Å². The fourth-order valence-corrected chi connectivity index (χ4v) is 0.270. The van der Waals surface area contributed by atoms with E-state index in [9.17, 15) is 9.59 Å². The predicted octanol–water partition coefficient (Wildman–Crippen LogP) is -3.28. The molecule has 0 bridgehead atoms. The minimum absolute atomic E-state index is 0. The Hall–Kier alpha value is 0.852. The van der Waals surface area contributed by atoms with Gasteiger partial charge >= 0.3 is 49.7 Å². The number of hydrogen-bond acceptors (Lipinski definition) is 5. The average molecular weight is 234 g/mol. The third kappa shape index (κ3) is 9.16. The van der Waals surface area contributed by atoms with Crippen LogP contribution >= 0.6 is 0 Å². The Balaban J connectivity index is -0.000000500. The predicted molar refractivity (Wildman–Crippen MR) is 52.9 cm³/mol. The van der Waals surface area contributed by atoms with Crippen molar-refractivity contribution in [2.45, 2.75) is 26.1 Å². The first-order valence-electron chi connectivity index (χ1n) is 3.06. The van der Waals surface area contributed by atoms with Crippen molar-refractivity contribution < 1.29 is 24.5 Å². The maximum atomic E-state index is 10.5. The number of ether oxygens (including phenoxy) is 1. The molecule has 0 heterocycles. The van der Waals surface area contributed by atoms with Crippen molar-refractivity contribution in [3.8, 4) is 0 Å². The quantitative estimate of drug-likeness (QED) is 0.297. The Morgan fingerprint density at radius 3 is 1.46 bits per heavy atom. The van der Waals surface area contributed by atoms with Gasteiger partial charge < -0.3 is 14.9 Å². The van der Waals surface area contributed by atoms with Gasteiger partial charge in [0.05, 0.1) is 0 Å². The van der Waals surface area contributed by atoms with Crippen LogP contribution in [0.2, 0.25) is 0 Å². The Labute approximate surface area is 117 Å². The van der Waals surface area contributed by atoms with Gasteiger partial charge in [-0.05, 0) is 13.8 Å². The van der Waals surface area contributed by atoms with E-state index in [2.05, 4.69) is 4.74 Å². The molecule has 2 N–H and O–H groups in total. The zero-order chi connectivity index (χ0) is 9.02. The summed E-state index contributed by atoms with van der Waals surface area (Å²) in [5.74, 6) is -2.12. The Bertz CT molecular complexity index is 152. The third-order valence-corrected chi connectivity index (χ3v) is 0.883. The normalized spacial score (nSPS) is 12.9. The van der Waals surface area contributed by atoms with Crippen LogP contribution in [0.5, 0.6) is 0 Å². The molecule has 0 saturated carbocycles. The second kappa shape index (κ2) is 9.41. The first-order valence-corrected chi connectivity index (χ1v) is 3.06. The maximum absolute atomic E-state index is 10.5. The summed E-state index contributed by atoms with van der Waals surface area (Å²) < 4.78 is 4.00. The molecule has 2 atom stereocenters. The molecule has 0 aromatic rings. The molecule has 13 heavy (non-hydrogen) atoms. The molecule has 0 aliphatic heterocycles. The fourth-order valence-electron chi connectivity index (χ4n) is 0.270. The Morgan fingerprint density at radius 2 is 1.31 bits per heavy atom. The molecule has 0 radical (unpaired) electrons. The van der Waals surface area contributed by atoms with Crippen molar-refractivity contribution >= 4 is 67.0 Å². The van der Waals surface area contributed by atoms with E-state index >= 15 is 0 Å². The molecule has 0 aromatic heterocycles. The van der Waals surface area contributed by atoms with Gasteiger partial charge in [0.15, 0.2) is 17.4 Å². The van der Waals surface area contributed by atoms with Crippen LogP contribution < -0.4 is 0 Å². The molecule has 0 rings (SSSR count). The fraction of sp³-hybridized carbons (Fsp3) is 0.667. The van der Waals surface area contributed by atoms with Crippen LogP contribution in [-0.2, 0) is 14.3 Å². The molecule has 0 saturated heterocycles. The molecule has 5 nitrogen and oxygen atoms in total. The van der Waals surface area contributed by atoms with Gasteiger partial charge in [0.1, 0.15) is 12.2 Å². The van der Waals surface area contributed by atoms with Gasteiger partial charge in [0.25, 0.3) is 0 Å². The van der Waals surface area contributed by atoms with Crippen LogP contribution in [0, 0.1) is 0 Å². The van der Waals surface area contributed by atoms with E-state index in [1.807, 2.05) is 0 Å². The van der Waals surface area contributed by atoms with E-state index in [0.29, 0.717) is 0 Å².